The number of hydrogen-bond acceptors (Lipinski definition) is 18. The third kappa shape index (κ3) is 333. The molecule has 1 atom stereocenters. The molecule has 1 heterocycles. The van der Waals surface area contributed by atoms with E-state index >= 15 is 0 Å². The summed E-state index contributed by atoms with van der Waals surface area (Å²) < 4.78 is 38.1. The van der Waals surface area contributed by atoms with Crippen LogP contribution in [0.25, 0.3) is 0 Å². The minimum absolute atomic E-state index is 0. The predicted molar refractivity (Wildman–Crippen MR) is 453 cm³/mol. The van der Waals surface area contributed by atoms with Crippen LogP contribution in [-0.4, -0.2) is 299 Å². The van der Waals surface area contributed by atoms with Crippen molar-refractivity contribution >= 4 is 0 Å². The van der Waals surface area contributed by atoms with Gasteiger partial charge in [-0.15, -0.1) is 0 Å². The van der Waals surface area contributed by atoms with Crippen LogP contribution in [0, 0.1) is 0 Å². The van der Waals surface area contributed by atoms with Gasteiger partial charge in [-0.2, -0.15) is 0 Å². The molecular formula is C77H210N10O8. The highest BCUT2D eigenvalue weighted by Crippen LogP contribution is 2.37. The molecule has 616 valence electrons. The zero-order valence-electron chi connectivity index (χ0n) is 69.1. The second-order valence-electron chi connectivity index (χ2n) is 23.8. The summed E-state index contributed by atoms with van der Waals surface area (Å²) >= 11 is 0. The largest absolute Gasteiger partial charge is 0.388 e. The number of nitrogens with zero attached hydrogens (tertiary/aromatic N) is 5. The van der Waals surface area contributed by atoms with E-state index in [0.717, 1.165) is 52.4 Å². The first-order valence-electron chi connectivity index (χ1n) is 32.7. The SMILES string of the molecule is C.C.C.C.C.C.C.C.CC(C)N(C)C.CC(C)N(C)C.CCC(C)NC.CCCOC.CCN(C)C.CCNC.CCOC.CCOC1CN(C)C1.CN(C)C.CNC(C)C.CNC(C)C.CNC(C)C.COC.COC(C)C.COC(C)C.COC(C)C.COC1(C)CC1. The lowest BCUT2D eigenvalue weighted by Gasteiger charge is -2.35. The van der Waals surface area contributed by atoms with E-state index in [9.17, 15) is 0 Å². The average molecular weight is 1400 g/mol. The van der Waals surface area contributed by atoms with Crippen molar-refractivity contribution in [2.75, 3.05) is 209 Å². The molecule has 0 aromatic carbocycles. The summed E-state index contributed by atoms with van der Waals surface area (Å²) in [6.07, 6.45) is 6.53. The third-order valence-corrected chi connectivity index (χ3v) is 10.9. The second kappa shape index (κ2) is 144. The number of likely N-dealkylation sites (tertiary alicyclic amines) is 1. The van der Waals surface area contributed by atoms with Gasteiger partial charge in [0.25, 0.3) is 0 Å². The van der Waals surface area contributed by atoms with Gasteiger partial charge in [-0.1, -0.05) is 129 Å². The van der Waals surface area contributed by atoms with Crippen LogP contribution in [0.5, 0.6) is 0 Å². The summed E-state index contributed by atoms with van der Waals surface area (Å²) in [6, 6.07) is 3.96. The van der Waals surface area contributed by atoms with Gasteiger partial charge in [0, 0.05) is 126 Å². The average Bonchev–Trinajstić information content (AvgIpc) is 4.22. The molecule has 2 rings (SSSR count). The van der Waals surface area contributed by atoms with Gasteiger partial charge in [-0.3, -0.25) is 0 Å². The molecular weight excluding hydrogens is 1190 g/mol. The number of likely N-dealkylation sites (N-methyl/N-ethyl adjacent to an activating group) is 1. The molecule has 1 unspecified atom stereocenters. The van der Waals surface area contributed by atoms with E-state index in [1.54, 1.807) is 56.9 Å². The van der Waals surface area contributed by atoms with Crippen LogP contribution >= 0.6 is 0 Å². The first kappa shape index (κ1) is 161. The minimum atomic E-state index is 0. The van der Waals surface area contributed by atoms with Crippen molar-refractivity contribution in [3.63, 3.8) is 0 Å². The molecule has 1 saturated carbocycles. The Bertz CT molecular complexity index is 861. The lowest BCUT2D eigenvalue weighted by Crippen LogP contribution is -2.49. The fraction of sp³-hybridized carbons (Fsp3) is 1.00. The van der Waals surface area contributed by atoms with Crippen molar-refractivity contribution in [1.82, 2.24) is 51.1 Å². The normalized spacial score (nSPS) is 11.1. The van der Waals surface area contributed by atoms with E-state index in [4.69, 9.17) is 28.4 Å². The first-order chi connectivity index (χ1) is 40.0. The standard InChI is InChI=1S/C6H13NO.3C5H13N.C5H10O.4C4H11N.4C4H10O.2C3H9N.C3H8O.C2H6O.8CH4/c1-3-8-6-4-7(2)5-6;2*1-5(2)6(3)4;1-4-5(2)6-3;1-5(6-2)3-4-5;1-4-5(2)3;6*1-4(2)5-3;1-3-4-5-2;1-4(2)3;2*1-3-4-2;1-3-2;;;;;;;;/h6H,3-5H2,1-2H3;2*5H,1-4H3;5-6H,4H2,1-3H3;3-4H2,1-2H3;4H2,1-3H3;3*4-5H,1-3H3;3*4H,1-3H3;3-4H2,1-2H3;1-3H3;4H,3H2,1-2H3;3H2,1-2H3;1-2H3;8*1H4. The third-order valence-electron chi connectivity index (χ3n) is 10.9. The molecule has 18 heteroatoms. The molecule has 0 aromatic heterocycles. The second-order valence-corrected chi connectivity index (χ2v) is 23.8. The zero-order chi connectivity index (χ0) is 73.1. The van der Waals surface area contributed by atoms with Gasteiger partial charge in [0.2, 0.25) is 0 Å². The van der Waals surface area contributed by atoms with Crippen molar-refractivity contribution in [3.05, 3.63) is 0 Å². The van der Waals surface area contributed by atoms with Crippen LogP contribution in [0.1, 0.15) is 251 Å². The Balaban J connectivity index is -0.0000000276. The van der Waals surface area contributed by atoms with Gasteiger partial charge in [-0.25, -0.2) is 0 Å². The van der Waals surface area contributed by atoms with Gasteiger partial charge in [0.05, 0.1) is 30.0 Å². The number of ether oxygens (including phenoxy) is 8. The Kier molecular flexibility index (Phi) is 245. The summed E-state index contributed by atoms with van der Waals surface area (Å²) in [5.41, 5.74) is 0.292. The van der Waals surface area contributed by atoms with E-state index in [-0.39, 0.29) is 59.4 Å². The van der Waals surface area contributed by atoms with Gasteiger partial charge >= 0.3 is 0 Å². The topological polar surface area (TPSA) is 150 Å². The molecule has 1 saturated heterocycles. The van der Waals surface area contributed by atoms with E-state index in [2.05, 4.69) is 216 Å². The number of methoxy groups -OCH3 is 7. The molecule has 0 radical (unpaired) electrons. The number of nitrogens with one attached hydrogen (secondary N) is 5. The molecule has 18 nitrogen and oxygen atoms in total. The summed E-state index contributed by atoms with van der Waals surface area (Å²) in [7, 11) is 43.8. The van der Waals surface area contributed by atoms with Crippen LogP contribution in [-0.2, 0) is 37.9 Å². The van der Waals surface area contributed by atoms with E-state index < -0.39 is 0 Å². The molecule has 0 spiro atoms. The van der Waals surface area contributed by atoms with E-state index in [1.165, 1.54) is 19.3 Å². The highest BCUT2D eigenvalue weighted by atomic mass is 16.5. The Morgan fingerprint density at radius 3 is 0.695 bits per heavy atom. The molecule has 5 N–H and O–H groups in total. The Morgan fingerprint density at radius 1 is 0.453 bits per heavy atom. The van der Waals surface area contributed by atoms with Gasteiger partial charge in [-0.05, 0) is 241 Å². The fourth-order valence-corrected chi connectivity index (χ4v) is 1.77. The van der Waals surface area contributed by atoms with Gasteiger partial charge in [0.1, 0.15) is 0 Å². The lowest BCUT2D eigenvalue weighted by molar-refractivity contribution is -0.0377. The summed E-state index contributed by atoms with van der Waals surface area (Å²) in [4.78, 5) is 10.7. The minimum Gasteiger partial charge on any atom is -0.388 e. The number of hydrogen-bond donors (Lipinski definition) is 5. The molecule has 2 fully saturated rings. The van der Waals surface area contributed by atoms with Crippen molar-refractivity contribution in [2.45, 2.75) is 318 Å². The quantitative estimate of drug-likeness (QED) is 0.0885. The first-order valence-corrected chi connectivity index (χ1v) is 32.7. The van der Waals surface area contributed by atoms with Crippen LogP contribution in [0.15, 0.2) is 0 Å². The monoisotopic (exact) mass is 1400 g/mol. The maximum atomic E-state index is 5.31. The van der Waals surface area contributed by atoms with Crippen molar-refractivity contribution in [2.24, 2.45) is 0 Å². The summed E-state index contributed by atoms with van der Waals surface area (Å²) in [5.74, 6) is 0. The Hall–Kier alpha value is -0.720. The molecule has 0 aromatic rings. The van der Waals surface area contributed by atoms with Crippen LogP contribution in [0.3, 0.4) is 0 Å². The smallest absolute Gasteiger partial charge is 0.0828 e. The van der Waals surface area contributed by atoms with Gasteiger partial charge in [0.15, 0.2) is 0 Å². The molecule has 0 bridgehead atoms. The summed E-state index contributed by atoms with van der Waals surface area (Å²) in [5, 5.41) is 15.1. The van der Waals surface area contributed by atoms with Crippen LogP contribution in [0.2, 0.25) is 0 Å². The maximum Gasteiger partial charge on any atom is 0.0828 e. The zero-order valence-corrected chi connectivity index (χ0v) is 69.1. The van der Waals surface area contributed by atoms with Gasteiger partial charge < -0.3 is 89.0 Å². The maximum absolute atomic E-state index is 5.31. The predicted octanol–water partition coefficient (Wildman–Crippen LogP) is 17.4. The molecule has 2 aliphatic rings. The molecule has 1 aliphatic carbocycles. The van der Waals surface area contributed by atoms with Crippen LogP contribution < -0.4 is 26.6 Å². The van der Waals surface area contributed by atoms with E-state index in [0.29, 0.717) is 66.3 Å². The Labute approximate surface area is 612 Å². The van der Waals surface area contributed by atoms with Crippen LogP contribution in [0.4, 0.5) is 0 Å². The van der Waals surface area contributed by atoms with Crippen molar-refractivity contribution < 1.29 is 37.9 Å². The molecule has 0 amide bonds. The highest BCUT2D eigenvalue weighted by molar-refractivity contribution is 4.89. The number of rotatable bonds is 18. The van der Waals surface area contributed by atoms with Crippen molar-refractivity contribution in [3.8, 4) is 0 Å². The highest BCUT2D eigenvalue weighted by Gasteiger charge is 2.36. The molecule has 1 aliphatic heterocycles. The summed E-state index contributed by atoms with van der Waals surface area (Å²) in [6.45, 7) is 57.1. The Morgan fingerprint density at radius 2 is 0.663 bits per heavy atom. The van der Waals surface area contributed by atoms with E-state index in [1.807, 2.05) is 117 Å². The fourth-order valence-electron chi connectivity index (χ4n) is 1.77. The lowest BCUT2D eigenvalue weighted by atomic mass is 10.2. The van der Waals surface area contributed by atoms with Crippen molar-refractivity contribution in [1.29, 1.82) is 0 Å². The molecule has 95 heavy (non-hydrogen) atoms.